The molecule has 3 nitrogen and oxygen atoms in total. The van der Waals surface area contributed by atoms with Gasteiger partial charge in [0.05, 0.1) is 13.2 Å². The van der Waals surface area contributed by atoms with Crippen LogP contribution >= 0.6 is 0 Å². The molecule has 2 saturated heterocycles. The summed E-state index contributed by atoms with van der Waals surface area (Å²) in [6.07, 6.45) is 4.23. The molecule has 1 atom stereocenters. The van der Waals surface area contributed by atoms with Crippen LogP contribution in [0.25, 0.3) is 0 Å². The molecule has 3 heteroatoms. The number of hydrogen-bond donors (Lipinski definition) is 1. The lowest BCUT2D eigenvalue weighted by Gasteiger charge is -2.38. The van der Waals surface area contributed by atoms with Gasteiger partial charge in [0.25, 0.3) is 0 Å². The zero-order valence-electron chi connectivity index (χ0n) is 11.5. The molecule has 0 aromatic rings. The van der Waals surface area contributed by atoms with E-state index in [9.17, 15) is 0 Å². The van der Waals surface area contributed by atoms with Crippen LogP contribution in [0.1, 0.15) is 33.1 Å². The maximum absolute atomic E-state index is 5.27. The maximum Gasteiger partial charge on any atom is 0.0554 e. The summed E-state index contributed by atoms with van der Waals surface area (Å²) in [6, 6.07) is 0. The van der Waals surface area contributed by atoms with Gasteiger partial charge in [-0.05, 0) is 38.4 Å². The summed E-state index contributed by atoms with van der Waals surface area (Å²) in [4.78, 5) is 2.63. The standard InChI is InChI=1S/C14H28N2O/c1-13(9-16-6-4-3-5-7-16)8-15-10-14(2)11-17-12-14/h13,15H,3-12H2,1-2H3. The van der Waals surface area contributed by atoms with Crippen molar-refractivity contribution in [2.45, 2.75) is 33.1 Å². The highest BCUT2D eigenvalue weighted by molar-refractivity contribution is 4.83. The molecule has 0 aliphatic carbocycles. The molecular formula is C14H28N2O. The first-order valence-corrected chi connectivity index (χ1v) is 7.19. The lowest BCUT2D eigenvalue weighted by Crippen LogP contribution is -2.48. The van der Waals surface area contributed by atoms with Crippen molar-refractivity contribution >= 4 is 0 Å². The van der Waals surface area contributed by atoms with Crippen LogP contribution in [0.2, 0.25) is 0 Å². The predicted molar refractivity (Wildman–Crippen MR) is 71.3 cm³/mol. The summed E-state index contributed by atoms with van der Waals surface area (Å²) in [6.45, 7) is 12.7. The van der Waals surface area contributed by atoms with Gasteiger partial charge in [0, 0.05) is 18.5 Å². The zero-order chi connectivity index (χ0) is 12.1. The van der Waals surface area contributed by atoms with Crippen molar-refractivity contribution in [3.05, 3.63) is 0 Å². The molecule has 0 radical (unpaired) electrons. The summed E-state index contributed by atoms with van der Waals surface area (Å²) in [5.74, 6) is 0.762. The first-order chi connectivity index (χ1) is 8.18. The normalized spacial score (nSPS) is 26.5. The Kier molecular flexibility index (Phi) is 4.83. The summed E-state index contributed by atoms with van der Waals surface area (Å²) in [5, 5.41) is 3.61. The van der Waals surface area contributed by atoms with Crippen LogP contribution in [0.15, 0.2) is 0 Å². The molecular weight excluding hydrogens is 212 g/mol. The lowest BCUT2D eigenvalue weighted by molar-refractivity contribution is -0.0992. The van der Waals surface area contributed by atoms with Crippen LogP contribution in [0.3, 0.4) is 0 Å². The summed E-state index contributed by atoms with van der Waals surface area (Å²) in [5.41, 5.74) is 0.408. The van der Waals surface area contributed by atoms with E-state index in [1.54, 1.807) is 0 Å². The van der Waals surface area contributed by atoms with Crippen LogP contribution < -0.4 is 5.32 Å². The van der Waals surface area contributed by atoms with Gasteiger partial charge in [0.2, 0.25) is 0 Å². The molecule has 0 bridgehead atoms. The molecule has 2 aliphatic heterocycles. The van der Waals surface area contributed by atoms with Gasteiger partial charge in [-0.25, -0.2) is 0 Å². The fourth-order valence-corrected chi connectivity index (χ4v) is 2.82. The van der Waals surface area contributed by atoms with Crippen LogP contribution in [-0.2, 0) is 4.74 Å². The van der Waals surface area contributed by atoms with Crippen LogP contribution in [-0.4, -0.2) is 50.8 Å². The summed E-state index contributed by atoms with van der Waals surface area (Å²) >= 11 is 0. The number of rotatable bonds is 6. The Balaban J connectivity index is 1.55. The summed E-state index contributed by atoms with van der Waals surface area (Å²) in [7, 11) is 0. The van der Waals surface area contributed by atoms with Gasteiger partial charge in [-0.2, -0.15) is 0 Å². The van der Waals surface area contributed by atoms with Crippen LogP contribution in [0, 0.1) is 11.3 Å². The molecule has 2 heterocycles. The fourth-order valence-electron chi connectivity index (χ4n) is 2.82. The van der Waals surface area contributed by atoms with E-state index in [-0.39, 0.29) is 0 Å². The van der Waals surface area contributed by atoms with Crippen molar-refractivity contribution in [3.63, 3.8) is 0 Å². The molecule has 100 valence electrons. The Morgan fingerprint density at radius 1 is 1.24 bits per heavy atom. The van der Waals surface area contributed by atoms with Gasteiger partial charge in [0.1, 0.15) is 0 Å². The number of nitrogens with zero attached hydrogens (tertiary/aromatic N) is 1. The van der Waals surface area contributed by atoms with E-state index in [0.29, 0.717) is 5.41 Å². The van der Waals surface area contributed by atoms with Crippen molar-refractivity contribution in [1.29, 1.82) is 0 Å². The van der Waals surface area contributed by atoms with Crippen molar-refractivity contribution in [1.82, 2.24) is 10.2 Å². The Morgan fingerprint density at radius 3 is 2.53 bits per heavy atom. The molecule has 1 unspecified atom stereocenters. The quantitative estimate of drug-likeness (QED) is 0.765. The number of likely N-dealkylation sites (tertiary alicyclic amines) is 1. The Labute approximate surface area is 106 Å². The van der Waals surface area contributed by atoms with Gasteiger partial charge in [-0.15, -0.1) is 0 Å². The lowest BCUT2D eigenvalue weighted by atomic mass is 9.88. The number of hydrogen-bond acceptors (Lipinski definition) is 3. The van der Waals surface area contributed by atoms with E-state index in [1.807, 2.05) is 0 Å². The zero-order valence-corrected chi connectivity index (χ0v) is 11.5. The largest absolute Gasteiger partial charge is 0.380 e. The fraction of sp³-hybridized carbons (Fsp3) is 1.00. The minimum absolute atomic E-state index is 0.408. The van der Waals surface area contributed by atoms with E-state index in [1.165, 1.54) is 38.9 Å². The minimum atomic E-state index is 0.408. The van der Waals surface area contributed by atoms with Crippen molar-refractivity contribution in [3.8, 4) is 0 Å². The van der Waals surface area contributed by atoms with Gasteiger partial charge in [-0.1, -0.05) is 20.3 Å². The van der Waals surface area contributed by atoms with Crippen LogP contribution in [0.4, 0.5) is 0 Å². The second-order valence-electron chi connectivity index (χ2n) is 6.40. The van der Waals surface area contributed by atoms with E-state index in [0.717, 1.165) is 32.2 Å². The topological polar surface area (TPSA) is 24.5 Å². The molecule has 0 spiro atoms. The highest BCUT2D eigenvalue weighted by Crippen LogP contribution is 2.25. The molecule has 0 aromatic heterocycles. The molecule has 0 amide bonds. The number of piperidine rings is 1. The molecule has 0 saturated carbocycles. The monoisotopic (exact) mass is 240 g/mol. The van der Waals surface area contributed by atoms with Gasteiger partial charge < -0.3 is 15.0 Å². The number of ether oxygens (including phenoxy) is 1. The Bertz CT molecular complexity index is 222. The Hall–Kier alpha value is -0.120. The molecule has 0 aromatic carbocycles. The van der Waals surface area contributed by atoms with Crippen molar-refractivity contribution in [2.75, 3.05) is 45.9 Å². The smallest absolute Gasteiger partial charge is 0.0554 e. The second-order valence-corrected chi connectivity index (χ2v) is 6.40. The van der Waals surface area contributed by atoms with Gasteiger partial charge >= 0.3 is 0 Å². The molecule has 1 N–H and O–H groups in total. The van der Waals surface area contributed by atoms with E-state index in [4.69, 9.17) is 4.74 Å². The van der Waals surface area contributed by atoms with E-state index >= 15 is 0 Å². The van der Waals surface area contributed by atoms with Gasteiger partial charge in [0.15, 0.2) is 0 Å². The number of nitrogens with one attached hydrogen (secondary N) is 1. The third kappa shape index (κ3) is 4.23. The van der Waals surface area contributed by atoms with Crippen molar-refractivity contribution < 1.29 is 4.74 Å². The average molecular weight is 240 g/mol. The third-order valence-electron chi connectivity index (χ3n) is 3.96. The molecule has 2 fully saturated rings. The predicted octanol–water partition coefficient (Wildman–Crippen LogP) is 1.73. The van der Waals surface area contributed by atoms with Crippen LogP contribution in [0.5, 0.6) is 0 Å². The average Bonchev–Trinajstić information content (AvgIpc) is 2.28. The Morgan fingerprint density at radius 2 is 1.94 bits per heavy atom. The van der Waals surface area contributed by atoms with Gasteiger partial charge in [-0.3, -0.25) is 0 Å². The first kappa shape index (κ1) is 13.3. The molecule has 2 rings (SSSR count). The first-order valence-electron chi connectivity index (χ1n) is 7.19. The highest BCUT2D eigenvalue weighted by Gasteiger charge is 2.32. The second kappa shape index (κ2) is 6.17. The SMILES string of the molecule is CC(CNCC1(C)COC1)CN1CCCCC1. The molecule has 17 heavy (non-hydrogen) atoms. The minimum Gasteiger partial charge on any atom is -0.380 e. The molecule has 2 aliphatic rings. The summed E-state index contributed by atoms with van der Waals surface area (Å²) < 4.78 is 5.27. The van der Waals surface area contributed by atoms with Crippen molar-refractivity contribution in [2.24, 2.45) is 11.3 Å². The maximum atomic E-state index is 5.27. The third-order valence-corrected chi connectivity index (χ3v) is 3.96. The highest BCUT2D eigenvalue weighted by atomic mass is 16.5. The van der Waals surface area contributed by atoms with E-state index in [2.05, 4.69) is 24.1 Å². The van der Waals surface area contributed by atoms with E-state index < -0.39 is 0 Å².